The summed E-state index contributed by atoms with van der Waals surface area (Å²) >= 11 is 0. The Labute approximate surface area is 86.9 Å². The smallest absolute Gasteiger partial charge is 0.330 e. The Hall–Kier alpha value is -1.01. The maximum atomic E-state index is 12.3. The summed E-state index contributed by atoms with van der Waals surface area (Å²) < 4.78 is 36.9. The van der Waals surface area contributed by atoms with Crippen molar-refractivity contribution in [2.75, 3.05) is 20.7 Å². The summed E-state index contributed by atoms with van der Waals surface area (Å²) in [6.07, 6.45) is -0.882. The molecule has 3 nitrogen and oxygen atoms in total. The van der Waals surface area contributed by atoms with Gasteiger partial charge in [0.2, 0.25) is 0 Å². The summed E-state index contributed by atoms with van der Waals surface area (Å²) in [4.78, 5) is 4.69. The van der Waals surface area contributed by atoms with Crippen LogP contribution in [0.5, 0.6) is 0 Å². The molecule has 6 heteroatoms. The van der Waals surface area contributed by atoms with Gasteiger partial charge in [0.1, 0.15) is 0 Å². The van der Waals surface area contributed by atoms with E-state index in [1.54, 1.807) is 7.05 Å². The highest BCUT2D eigenvalue weighted by molar-refractivity contribution is 5.16. The highest BCUT2D eigenvalue weighted by atomic mass is 19.4. The van der Waals surface area contributed by atoms with Crippen molar-refractivity contribution in [3.63, 3.8) is 0 Å². The van der Waals surface area contributed by atoms with Crippen LogP contribution in [0.15, 0.2) is 23.9 Å². The van der Waals surface area contributed by atoms with Crippen LogP contribution in [0.4, 0.5) is 13.2 Å². The zero-order chi connectivity index (χ0) is 11.9. The Kier molecular flexibility index (Phi) is 6.03. The van der Waals surface area contributed by atoms with E-state index in [2.05, 4.69) is 4.84 Å². The highest BCUT2D eigenvalue weighted by Crippen LogP contribution is 2.27. The fourth-order valence-electron chi connectivity index (χ4n) is 0.816. The lowest BCUT2D eigenvalue weighted by molar-refractivity contribution is -0.0938. The summed E-state index contributed by atoms with van der Waals surface area (Å²) in [5.74, 6) is 0. The molecule has 0 amide bonds. The summed E-state index contributed by atoms with van der Waals surface area (Å²) in [5.41, 5.74) is 4.44. The summed E-state index contributed by atoms with van der Waals surface area (Å²) in [6.45, 7) is -0.0285. The zero-order valence-corrected chi connectivity index (χ0v) is 8.71. The lowest BCUT2D eigenvalue weighted by Crippen LogP contribution is -2.15. The number of rotatable bonds is 5. The van der Waals surface area contributed by atoms with Crippen molar-refractivity contribution in [1.82, 2.24) is 5.06 Å². The molecule has 88 valence electrons. The Balaban J connectivity index is 4.49. The molecule has 0 aromatic heterocycles. The predicted molar refractivity (Wildman–Crippen MR) is 51.7 cm³/mol. The molecule has 2 N–H and O–H groups in total. The van der Waals surface area contributed by atoms with Crippen LogP contribution in [-0.4, -0.2) is 31.9 Å². The van der Waals surface area contributed by atoms with E-state index >= 15 is 0 Å². The molecule has 0 aliphatic carbocycles. The number of hydroxylamine groups is 2. The van der Waals surface area contributed by atoms with Crippen LogP contribution in [0.25, 0.3) is 0 Å². The minimum absolute atomic E-state index is 0.0285. The monoisotopic (exact) mass is 224 g/mol. The number of allylic oxidation sites excluding steroid dienone is 2. The molecule has 0 atom stereocenters. The van der Waals surface area contributed by atoms with Gasteiger partial charge < -0.3 is 5.73 Å². The van der Waals surface area contributed by atoms with Gasteiger partial charge in [-0.05, 0) is 19.0 Å². The van der Waals surface area contributed by atoms with Crippen LogP contribution in [0.2, 0.25) is 0 Å². The van der Waals surface area contributed by atoms with Crippen LogP contribution in [-0.2, 0) is 4.84 Å². The van der Waals surface area contributed by atoms with Gasteiger partial charge in [-0.3, -0.25) is 9.90 Å². The van der Waals surface area contributed by atoms with E-state index in [0.29, 0.717) is 0 Å². The molecular weight excluding hydrogens is 209 g/mol. The Morgan fingerprint density at radius 2 is 2.07 bits per heavy atom. The van der Waals surface area contributed by atoms with Gasteiger partial charge in [0.15, 0.2) is 0 Å². The minimum Gasteiger partial charge on any atom is -0.330 e. The van der Waals surface area contributed by atoms with Crippen LogP contribution >= 0.6 is 0 Å². The molecule has 0 heterocycles. The maximum absolute atomic E-state index is 12.3. The molecule has 0 aromatic carbocycles. The van der Waals surface area contributed by atoms with E-state index in [1.165, 1.54) is 24.4 Å². The van der Waals surface area contributed by atoms with E-state index in [4.69, 9.17) is 5.73 Å². The number of hydrogen-bond donors (Lipinski definition) is 1. The first-order chi connectivity index (χ1) is 6.91. The molecule has 0 fully saturated rings. The SMILES string of the molecule is CON(C)/C=C\C=C(/CCN)C(F)(F)F. The molecular formula is C9H15F3N2O. The molecule has 0 aliphatic rings. The molecule has 0 radical (unpaired) electrons. The summed E-state index contributed by atoms with van der Waals surface area (Å²) in [6, 6.07) is 0. The van der Waals surface area contributed by atoms with Gasteiger partial charge in [-0.25, -0.2) is 0 Å². The van der Waals surface area contributed by atoms with Crippen LogP contribution < -0.4 is 5.73 Å². The van der Waals surface area contributed by atoms with Gasteiger partial charge in [-0.1, -0.05) is 6.08 Å². The van der Waals surface area contributed by atoms with E-state index in [9.17, 15) is 13.2 Å². The van der Waals surface area contributed by atoms with Gasteiger partial charge in [-0.2, -0.15) is 13.2 Å². The second-order valence-electron chi connectivity index (χ2n) is 2.80. The van der Waals surface area contributed by atoms with Gasteiger partial charge in [0.25, 0.3) is 0 Å². The van der Waals surface area contributed by atoms with Crippen molar-refractivity contribution in [3.05, 3.63) is 23.9 Å². The summed E-state index contributed by atoms with van der Waals surface area (Å²) in [5, 5.41) is 1.28. The van der Waals surface area contributed by atoms with Crippen molar-refractivity contribution >= 4 is 0 Å². The van der Waals surface area contributed by atoms with Crippen molar-refractivity contribution in [1.29, 1.82) is 0 Å². The third-order valence-corrected chi connectivity index (χ3v) is 1.66. The molecule has 0 saturated heterocycles. The number of alkyl halides is 3. The second-order valence-corrected chi connectivity index (χ2v) is 2.80. The number of nitrogens with zero attached hydrogens (tertiary/aromatic N) is 1. The lowest BCUT2D eigenvalue weighted by Gasteiger charge is -2.10. The maximum Gasteiger partial charge on any atom is 0.412 e. The molecule has 0 spiro atoms. The Bertz CT molecular complexity index is 236. The number of halogens is 3. The Morgan fingerprint density at radius 1 is 1.47 bits per heavy atom. The van der Waals surface area contributed by atoms with E-state index in [0.717, 1.165) is 6.08 Å². The minimum atomic E-state index is -4.32. The molecule has 0 rings (SSSR count). The first kappa shape index (κ1) is 14.0. The van der Waals surface area contributed by atoms with Crippen molar-refractivity contribution in [2.24, 2.45) is 5.73 Å². The molecule has 0 saturated carbocycles. The molecule has 0 aromatic rings. The van der Waals surface area contributed by atoms with Gasteiger partial charge in [-0.15, -0.1) is 0 Å². The fraction of sp³-hybridized carbons (Fsp3) is 0.556. The number of hydrogen-bond acceptors (Lipinski definition) is 3. The third-order valence-electron chi connectivity index (χ3n) is 1.66. The molecule has 0 unspecified atom stereocenters. The summed E-state index contributed by atoms with van der Waals surface area (Å²) in [7, 11) is 2.99. The first-order valence-electron chi connectivity index (χ1n) is 4.33. The van der Waals surface area contributed by atoms with Gasteiger partial charge >= 0.3 is 6.18 Å². The molecule has 0 bridgehead atoms. The first-order valence-corrected chi connectivity index (χ1v) is 4.33. The molecule has 15 heavy (non-hydrogen) atoms. The standard InChI is InChI=1S/C9H15F3N2O/c1-14(15-2)7-3-4-8(5-6-13)9(10,11)12/h3-4,7H,5-6,13H2,1-2H3/b7-3-,8-4+. The van der Waals surface area contributed by atoms with Crippen molar-refractivity contribution in [2.45, 2.75) is 12.6 Å². The van der Waals surface area contributed by atoms with E-state index < -0.39 is 11.7 Å². The van der Waals surface area contributed by atoms with Gasteiger partial charge in [0.05, 0.1) is 7.11 Å². The fourth-order valence-corrected chi connectivity index (χ4v) is 0.816. The Morgan fingerprint density at radius 3 is 2.47 bits per heavy atom. The quantitative estimate of drug-likeness (QED) is 0.572. The van der Waals surface area contributed by atoms with Crippen molar-refractivity contribution in [3.8, 4) is 0 Å². The normalized spacial score (nSPS) is 13.6. The number of nitrogens with two attached hydrogens (primary N) is 1. The topological polar surface area (TPSA) is 38.5 Å². The highest BCUT2D eigenvalue weighted by Gasteiger charge is 2.31. The van der Waals surface area contributed by atoms with Crippen molar-refractivity contribution < 1.29 is 18.0 Å². The van der Waals surface area contributed by atoms with Crippen LogP contribution in [0, 0.1) is 0 Å². The average Bonchev–Trinajstić information content (AvgIpc) is 2.14. The zero-order valence-electron chi connectivity index (χ0n) is 8.71. The average molecular weight is 224 g/mol. The lowest BCUT2D eigenvalue weighted by atomic mass is 10.1. The third kappa shape index (κ3) is 6.14. The van der Waals surface area contributed by atoms with Crippen LogP contribution in [0.1, 0.15) is 6.42 Å². The second kappa shape index (κ2) is 6.47. The largest absolute Gasteiger partial charge is 0.412 e. The van der Waals surface area contributed by atoms with E-state index in [-0.39, 0.29) is 13.0 Å². The molecule has 0 aliphatic heterocycles. The van der Waals surface area contributed by atoms with Gasteiger partial charge in [0, 0.05) is 18.8 Å². The van der Waals surface area contributed by atoms with Crippen LogP contribution in [0.3, 0.4) is 0 Å². The predicted octanol–water partition coefficient (Wildman–Crippen LogP) is 1.83. The van der Waals surface area contributed by atoms with E-state index in [1.807, 2.05) is 0 Å².